The molecule has 0 bridgehead atoms. The van der Waals surface area contributed by atoms with Crippen LogP contribution in [0.4, 0.5) is 8.78 Å². The molecule has 20 heavy (non-hydrogen) atoms. The summed E-state index contributed by atoms with van der Waals surface area (Å²) < 4.78 is 26.4. The summed E-state index contributed by atoms with van der Waals surface area (Å²) in [4.78, 5) is 18.3. The van der Waals surface area contributed by atoms with Crippen molar-refractivity contribution in [3.05, 3.63) is 51.9 Å². The first-order valence-electron chi connectivity index (χ1n) is 6.36. The number of hydrogen-bond donors (Lipinski definition) is 2. The van der Waals surface area contributed by atoms with E-state index in [9.17, 15) is 13.6 Å². The second-order valence-corrected chi connectivity index (χ2v) is 4.42. The van der Waals surface area contributed by atoms with Crippen LogP contribution in [0, 0.1) is 11.6 Å². The maximum absolute atomic E-state index is 13.2. The topological polar surface area (TPSA) is 57.8 Å². The molecule has 0 aliphatic heterocycles. The molecule has 4 nitrogen and oxygen atoms in total. The molecule has 106 valence electrons. The highest BCUT2D eigenvalue weighted by atomic mass is 19.1. The van der Waals surface area contributed by atoms with Gasteiger partial charge in [0.25, 0.3) is 5.56 Å². The van der Waals surface area contributed by atoms with Gasteiger partial charge in [-0.1, -0.05) is 6.92 Å². The molecule has 0 amide bonds. The van der Waals surface area contributed by atoms with Gasteiger partial charge in [-0.05, 0) is 25.1 Å². The molecule has 2 rings (SSSR count). The number of aromatic amines is 1. The first kappa shape index (κ1) is 14.3. The first-order valence-corrected chi connectivity index (χ1v) is 6.36. The van der Waals surface area contributed by atoms with Gasteiger partial charge in [0.05, 0.1) is 5.69 Å². The average Bonchev–Trinajstić information content (AvgIpc) is 2.37. The molecule has 1 heterocycles. The quantitative estimate of drug-likeness (QED) is 0.825. The van der Waals surface area contributed by atoms with Crippen LogP contribution >= 0.6 is 0 Å². The Balaban J connectivity index is 2.33. The molecule has 2 aromatic rings. The van der Waals surface area contributed by atoms with E-state index in [1.54, 1.807) is 0 Å². The van der Waals surface area contributed by atoms with Crippen molar-refractivity contribution in [3.63, 3.8) is 0 Å². The molecule has 0 atom stereocenters. The minimum absolute atomic E-state index is 0.157. The molecule has 0 unspecified atom stereocenters. The number of hydrogen-bond acceptors (Lipinski definition) is 3. The fraction of sp³-hybridized carbons (Fsp3) is 0.286. The number of aromatic nitrogens is 2. The van der Waals surface area contributed by atoms with Gasteiger partial charge in [0.15, 0.2) is 0 Å². The zero-order chi connectivity index (χ0) is 14.5. The van der Waals surface area contributed by atoms with Gasteiger partial charge < -0.3 is 10.3 Å². The van der Waals surface area contributed by atoms with E-state index in [0.717, 1.165) is 31.2 Å². The van der Waals surface area contributed by atoms with E-state index in [0.29, 0.717) is 12.2 Å². The molecule has 0 spiro atoms. The standard InChI is InChI=1S/C14H15F2N3O/c1-2-3-17-8-12-7-13(20)19-14(18-12)9-4-10(15)6-11(16)5-9/h4-7,17H,2-3,8H2,1H3,(H,18,19,20). The average molecular weight is 279 g/mol. The van der Waals surface area contributed by atoms with Crippen LogP contribution in [-0.2, 0) is 6.54 Å². The summed E-state index contributed by atoms with van der Waals surface area (Å²) in [5, 5.41) is 3.12. The van der Waals surface area contributed by atoms with Crippen molar-refractivity contribution in [2.45, 2.75) is 19.9 Å². The van der Waals surface area contributed by atoms with Gasteiger partial charge in [0.2, 0.25) is 0 Å². The SMILES string of the molecule is CCCNCc1cc(=O)[nH]c(-c2cc(F)cc(F)c2)n1. The second kappa shape index (κ2) is 6.38. The fourth-order valence-corrected chi connectivity index (χ4v) is 1.82. The molecule has 0 saturated carbocycles. The Labute approximate surface area is 114 Å². The normalized spacial score (nSPS) is 10.8. The summed E-state index contributed by atoms with van der Waals surface area (Å²) in [5.74, 6) is -1.27. The summed E-state index contributed by atoms with van der Waals surface area (Å²) >= 11 is 0. The monoisotopic (exact) mass is 279 g/mol. The molecule has 0 aliphatic carbocycles. The van der Waals surface area contributed by atoms with Gasteiger partial charge in [-0.2, -0.15) is 0 Å². The van der Waals surface area contributed by atoms with Crippen LogP contribution in [0.15, 0.2) is 29.1 Å². The summed E-state index contributed by atoms with van der Waals surface area (Å²) in [6, 6.07) is 4.39. The second-order valence-electron chi connectivity index (χ2n) is 4.42. The molecule has 2 N–H and O–H groups in total. The predicted molar refractivity (Wildman–Crippen MR) is 72.2 cm³/mol. The minimum Gasteiger partial charge on any atom is -0.311 e. The Morgan fingerprint density at radius 1 is 1.20 bits per heavy atom. The van der Waals surface area contributed by atoms with Crippen molar-refractivity contribution in [2.75, 3.05) is 6.54 Å². The van der Waals surface area contributed by atoms with E-state index < -0.39 is 11.6 Å². The van der Waals surface area contributed by atoms with Crippen molar-refractivity contribution in [3.8, 4) is 11.4 Å². The molecule has 1 aromatic heterocycles. The van der Waals surface area contributed by atoms with Gasteiger partial charge in [-0.15, -0.1) is 0 Å². The Morgan fingerprint density at radius 2 is 1.90 bits per heavy atom. The Bertz CT molecular complexity index is 635. The molecule has 0 aliphatic rings. The molecule has 0 radical (unpaired) electrons. The maximum atomic E-state index is 13.2. The third kappa shape index (κ3) is 3.71. The van der Waals surface area contributed by atoms with Gasteiger partial charge in [0.1, 0.15) is 17.5 Å². The van der Waals surface area contributed by atoms with Gasteiger partial charge >= 0.3 is 0 Å². The molecular formula is C14H15F2N3O. The third-order valence-electron chi connectivity index (χ3n) is 2.66. The fourth-order valence-electron chi connectivity index (χ4n) is 1.82. The van der Waals surface area contributed by atoms with E-state index in [1.807, 2.05) is 6.92 Å². The number of nitrogens with zero attached hydrogens (tertiary/aromatic N) is 1. The van der Waals surface area contributed by atoms with Gasteiger partial charge in [-0.25, -0.2) is 13.8 Å². The third-order valence-corrected chi connectivity index (χ3v) is 2.66. The minimum atomic E-state index is -0.711. The van der Waals surface area contributed by atoms with Crippen molar-refractivity contribution >= 4 is 0 Å². The molecule has 1 aromatic carbocycles. The summed E-state index contributed by atoms with van der Waals surface area (Å²) in [5.41, 5.74) is 0.381. The van der Waals surface area contributed by atoms with Crippen molar-refractivity contribution < 1.29 is 8.78 Å². The Morgan fingerprint density at radius 3 is 2.55 bits per heavy atom. The van der Waals surface area contributed by atoms with Gasteiger partial charge in [-0.3, -0.25) is 4.79 Å². The van der Waals surface area contributed by atoms with Crippen LogP contribution in [0.1, 0.15) is 19.0 Å². The highest BCUT2D eigenvalue weighted by Gasteiger charge is 2.07. The number of rotatable bonds is 5. The van der Waals surface area contributed by atoms with E-state index >= 15 is 0 Å². The van der Waals surface area contributed by atoms with Crippen molar-refractivity contribution in [1.82, 2.24) is 15.3 Å². The van der Waals surface area contributed by atoms with Crippen LogP contribution in [0.25, 0.3) is 11.4 Å². The van der Waals surface area contributed by atoms with Crippen LogP contribution in [0.5, 0.6) is 0 Å². The van der Waals surface area contributed by atoms with Gasteiger partial charge in [0, 0.05) is 24.2 Å². The molecule has 6 heteroatoms. The van der Waals surface area contributed by atoms with Crippen LogP contribution in [0.3, 0.4) is 0 Å². The lowest BCUT2D eigenvalue weighted by molar-refractivity contribution is 0.584. The molecule has 0 fully saturated rings. The number of H-pyrrole nitrogens is 1. The van der Waals surface area contributed by atoms with E-state index in [1.165, 1.54) is 6.07 Å². The largest absolute Gasteiger partial charge is 0.311 e. The Kier molecular flexibility index (Phi) is 4.57. The predicted octanol–water partition coefficient (Wildman–Crippen LogP) is 2.21. The Hall–Kier alpha value is -2.08. The number of nitrogens with one attached hydrogen (secondary N) is 2. The zero-order valence-corrected chi connectivity index (χ0v) is 11.0. The van der Waals surface area contributed by atoms with Crippen molar-refractivity contribution in [1.29, 1.82) is 0 Å². The number of halogens is 2. The maximum Gasteiger partial charge on any atom is 0.251 e. The number of benzene rings is 1. The smallest absolute Gasteiger partial charge is 0.251 e. The summed E-state index contributed by atoms with van der Waals surface area (Å²) in [6.45, 7) is 3.26. The van der Waals surface area contributed by atoms with E-state index in [4.69, 9.17) is 0 Å². The van der Waals surface area contributed by atoms with Crippen LogP contribution in [0.2, 0.25) is 0 Å². The zero-order valence-electron chi connectivity index (χ0n) is 11.0. The van der Waals surface area contributed by atoms with E-state index in [2.05, 4.69) is 15.3 Å². The lowest BCUT2D eigenvalue weighted by Gasteiger charge is -2.06. The van der Waals surface area contributed by atoms with Crippen molar-refractivity contribution in [2.24, 2.45) is 0 Å². The van der Waals surface area contributed by atoms with Crippen LogP contribution in [-0.4, -0.2) is 16.5 Å². The highest BCUT2D eigenvalue weighted by molar-refractivity contribution is 5.54. The van der Waals surface area contributed by atoms with Crippen LogP contribution < -0.4 is 10.9 Å². The lowest BCUT2D eigenvalue weighted by Crippen LogP contribution is -2.18. The molecule has 0 saturated heterocycles. The lowest BCUT2D eigenvalue weighted by atomic mass is 10.2. The highest BCUT2D eigenvalue weighted by Crippen LogP contribution is 2.17. The first-order chi connectivity index (χ1) is 9.58. The summed E-state index contributed by atoms with van der Waals surface area (Å²) in [6.07, 6.45) is 0.963. The van der Waals surface area contributed by atoms with E-state index in [-0.39, 0.29) is 16.9 Å². The summed E-state index contributed by atoms with van der Waals surface area (Å²) in [7, 11) is 0. The molecular weight excluding hydrogens is 264 g/mol.